The van der Waals surface area contributed by atoms with E-state index in [0.29, 0.717) is 13.1 Å². The molecule has 90 valence electrons. The molecule has 0 unspecified atom stereocenters. The SMILES string of the molecule is CCCc1ccccc1N(CCO)CCO. The van der Waals surface area contributed by atoms with Gasteiger partial charge in [0.1, 0.15) is 0 Å². The van der Waals surface area contributed by atoms with Crippen molar-refractivity contribution in [2.24, 2.45) is 0 Å². The lowest BCUT2D eigenvalue weighted by atomic mass is 10.1. The molecule has 0 atom stereocenters. The number of hydrogen-bond acceptors (Lipinski definition) is 3. The fourth-order valence-electron chi connectivity index (χ4n) is 1.89. The van der Waals surface area contributed by atoms with Crippen molar-refractivity contribution in [3.63, 3.8) is 0 Å². The normalized spacial score (nSPS) is 10.4. The van der Waals surface area contributed by atoms with Gasteiger partial charge in [-0.1, -0.05) is 31.5 Å². The molecule has 1 rings (SSSR count). The molecule has 2 N–H and O–H groups in total. The maximum atomic E-state index is 9.02. The molecule has 0 aliphatic carbocycles. The first kappa shape index (κ1) is 13.0. The minimum atomic E-state index is 0.112. The van der Waals surface area contributed by atoms with Crippen LogP contribution in [0.4, 0.5) is 5.69 Å². The first-order valence-corrected chi connectivity index (χ1v) is 5.88. The van der Waals surface area contributed by atoms with Crippen molar-refractivity contribution >= 4 is 5.69 Å². The lowest BCUT2D eigenvalue weighted by Crippen LogP contribution is -2.30. The topological polar surface area (TPSA) is 43.7 Å². The molecule has 0 fully saturated rings. The number of aliphatic hydroxyl groups is 2. The van der Waals surface area contributed by atoms with Gasteiger partial charge in [0, 0.05) is 18.8 Å². The fraction of sp³-hybridized carbons (Fsp3) is 0.538. The Hall–Kier alpha value is -1.06. The van der Waals surface area contributed by atoms with Crippen LogP contribution in [0, 0.1) is 0 Å². The molecule has 1 aromatic carbocycles. The Morgan fingerprint density at radius 3 is 2.25 bits per heavy atom. The monoisotopic (exact) mass is 223 g/mol. The summed E-state index contributed by atoms with van der Waals surface area (Å²) in [6.07, 6.45) is 2.13. The minimum Gasteiger partial charge on any atom is -0.395 e. The maximum Gasteiger partial charge on any atom is 0.0606 e. The highest BCUT2D eigenvalue weighted by Gasteiger charge is 2.09. The highest BCUT2D eigenvalue weighted by molar-refractivity contribution is 5.53. The Labute approximate surface area is 97.3 Å². The Morgan fingerprint density at radius 1 is 1.06 bits per heavy atom. The molecule has 16 heavy (non-hydrogen) atoms. The Bertz CT molecular complexity index is 296. The van der Waals surface area contributed by atoms with Crippen LogP contribution in [0.5, 0.6) is 0 Å². The van der Waals surface area contributed by atoms with Gasteiger partial charge in [0.2, 0.25) is 0 Å². The van der Waals surface area contributed by atoms with E-state index in [-0.39, 0.29) is 13.2 Å². The van der Waals surface area contributed by atoms with Crippen LogP contribution in [0.15, 0.2) is 24.3 Å². The van der Waals surface area contributed by atoms with Crippen LogP contribution in [0.25, 0.3) is 0 Å². The summed E-state index contributed by atoms with van der Waals surface area (Å²) in [7, 11) is 0. The Morgan fingerprint density at radius 2 is 1.69 bits per heavy atom. The van der Waals surface area contributed by atoms with E-state index in [9.17, 15) is 0 Å². The smallest absolute Gasteiger partial charge is 0.0606 e. The molecular weight excluding hydrogens is 202 g/mol. The van der Waals surface area contributed by atoms with Gasteiger partial charge in [-0.2, -0.15) is 0 Å². The van der Waals surface area contributed by atoms with E-state index in [0.717, 1.165) is 18.5 Å². The molecule has 0 aliphatic heterocycles. The number of benzene rings is 1. The molecule has 3 nitrogen and oxygen atoms in total. The van der Waals surface area contributed by atoms with Gasteiger partial charge in [-0.3, -0.25) is 0 Å². The molecule has 0 bridgehead atoms. The summed E-state index contributed by atoms with van der Waals surface area (Å²) >= 11 is 0. The largest absolute Gasteiger partial charge is 0.395 e. The fourth-order valence-corrected chi connectivity index (χ4v) is 1.89. The average Bonchev–Trinajstić information content (AvgIpc) is 2.30. The molecule has 0 saturated heterocycles. The second-order valence-corrected chi connectivity index (χ2v) is 3.81. The molecule has 0 saturated carbocycles. The molecular formula is C13H21NO2. The lowest BCUT2D eigenvalue weighted by molar-refractivity contribution is 0.281. The van der Waals surface area contributed by atoms with Gasteiger partial charge in [-0.25, -0.2) is 0 Å². The van der Waals surface area contributed by atoms with Crippen molar-refractivity contribution in [3.8, 4) is 0 Å². The molecule has 0 heterocycles. The number of hydrogen-bond donors (Lipinski definition) is 2. The summed E-state index contributed by atoms with van der Waals surface area (Å²) < 4.78 is 0. The Kier molecular flexibility index (Phi) is 5.90. The predicted molar refractivity (Wildman–Crippen MR) is 66.8 cm³/mol. The van der Waals surface area contributed by atoms with Crippen molar-refractivity contribution in [2.45, 2.75) is 19.8 Å². The maximum absolute atomic E-state index is 9.02. The summed E-state index contributed by atoms with van der Waals surface area (Å²) in [4.78, 5) is 2.03. The van der Waals surface area contributed by atoms with Gasteiger partial charge in [-0.15, -0.1) is 0 Å². The van der Waals surface area contributed by atoms with Crippen LogP contribution in [0.2, 0.25) is 0 Å². The molecule has 0 aliphatic rings. The number of para-hydroxylation sites is 1. The zero-order chi connectivity index (χ0) is 11.8. The van der Waals surface area contributed by atoms with Crippen LogP contribution in [-0.4, -0.2) is 36.5 Å². The number of anilines is 1. The van der Waals surface area contributed by atoms with E-state index in [1.165, 1.54) is 5.56 Å². The number of rotatable bonds is 7. The number of nitrogens with zero attached hydrogens (tertiary/aromatic N) is 1. The third-order valence-corrected chi connectivity index (χ3v) is 2.59. The molecule has 1 aromatic rings. The Balaban J connectivity index is 2.87. The number of aryl methyl sites for hydroxylation is 1. The predicted octanol–water partition coefficient (Wildman–Crippen LogP) is 1.43. The van der Waals surface area contributed by atoms with Gasteiger partial charge >= 0.3 is 0 Å². The highest BCUT2D eigenvalue weighted by atomic mass is 16.3. The quantitative estimate of drug-likeness (QED) is 0.735. The van der Waals surface area contributed by atoms with Crippen LogP contribution in [0.3, 0.4) is 0 Å². The van der Waals surface area contributed by atoms with E-state index in [1.54, 1.807) is 0 Å². The second kappa shape index (κ2) is 7.25. The third kappa shape index (κ3) is 3.51. The van der Waals surface area contributed by atoms with E-state index in [4.69, 9.17) is 10.2 Å². The summed E-state index contributed by atoms with van der Waals surface area (Å²) in [5.41, 5.74) is 2.42. The standard InChI is InChI=1S/C13H21NO2/c1-2-5-12-6-3-4-7-13(12)14(8-10-15)9-11-16/h3-4,6-7,15-16H,2,5,8-11H2,1H3. The molecule has 0 aromatic heterocycles. The van der Waals surface area contributed by atoms with Crippen LogP contribution < -0.4 is 4.90 Å². The van der Waals surface area contributed by atoms with E-state index in [1.807, 2.05) is 17.0 Å². The summed E-state index contributed by atoms with van der Waals surface area (Å²) in [5.74, 6) is 0. The van der Waals surface area contributed by atoms with Gasteiger partial charge < -0.3 is 15.1 Å². The van der Waals surface area contributed by atoms with Crippen LogP contribution in [-0.2, 0) is 6.42 Å². The highest BCUT2D eigenvalue weighted by Crippen LogP contribution is 2.21. The van der Waals surface area contributed by atoms with Crippen molar-refractivity contribution in [2.75, 3.05) is 31.2 Å². The summed E-state index contributed by atoms with van der Waals surface area (Å²) in [5, 5.41) is 18.0. The zero-order valence-corrected chi connectivity index (χ0v) is 9.89. The molecule has 0 spiro atoms. The van der Waals surface area contributed by atoms with Crippen molar-refractivity contribution in [1.82, 2.24) is 0 Å². The molecule has 3 heteroatoms. The first-order valence-electron chi connectivity index (χ1n) is 5.88. The second-order valence-electron chi connectivity index (χ2n) is 3.81. The van der Waals surface area contributed by atoms with Gasteiger partial charge in [0.05, 0.1) is 13.2 Å². The summed E-state index contributed by atoms with van der Waals surface area (Å²) in [6.45, 7) is 3.52. The van der Waals surface area contributed by atoms with Crippen LogP contribution >= 0.6 is 0 Å². The van der Waals surface area contributed by atoms with Crippen molar-refractivity contribution in [3.05, 3.63) is 29.8 Å². The number of aliphatic hydroxyl groups excluding tert-OH is 2. The van der Waals surface area contributed by atoms with Gasteiger partial charge in [-0.05, 0) is 18.1 Å². The zero-order valence-electron chi connectivity index (χ0n) is 9.89. The van der Waals surface area contributed by atoms with Crippen molar-refractivity contribution < 1.29 is 10.2 Å². The first-order chi connectivity index (χ1) is 7.83. The lowest BCUT2D eigenvalue weighted by Gasteiger charge is -2.25. The van der Waals surface area contributed by atoms with E-state index >= 15 is 0 Å². The van der Waals surface area contributed by atoms with Crippen molar-refractivity contribution in [1.29, 1.82) is 0 Å². The summed E-state index contributed by atoms with van der Waals surface area (Å²) in [6, 6.07) is 8.19. The molecule has 0 radical (unpaired) electrons. The van der Waals surface area contributed by atoms with Gasteiger partial charge in [0.25, 0.3) is 0 Å². The average molecular weight is 223 g/mol. The van der Waals surface area contributed by atoms with Gasteiger partial charge in [0.15, 0.2) is 0 Å². The third-order valence-electron chi connectivity index (χ3n) is 2.59. The van der Waals surface area contributed by atoms with E-state index in [2.05, 4.69) is 19.1 Å². The van der Waals surface area contributed by atoms with Crippen LogP contribution in [0.1, 0.15) is 18.9 Å². The van der Waals surface area contributed by atoms with E-state index < -0.39 is 0 Å². The minimum absolute atomic E-state index is 0.112. The molecule has 0 amide bonds.